The average molecular weight is 401 g/mol. The van der Waals surface area contributed by atoms with Crippen molar-refractivity contribution in [3.8, 4) is 11.3 Å². The van der Waals surface area contributed by atoms with Gasteiger partial charge in [0.2, 0.25) is 11.8 Å². The van der Waals surface area contributed by atoms with Gasteiger partial charge in [-0.3, -0.25) is 9.59 Å². The van der Waals surface area contributed by atoms with Gasteiger partial charge in [-0.05, 0) is 30.9 Å². The first-order chi connectivity index (χ1) is 13.9. The number of hydrogen-bond donors (Lipinski definition) is 1. The number of hydrogen-bond acceptors (Lipinski definition) is 4. The van der Waals surface area contributed by atoms with Crippen molar-refractivity contribution in [3.63, 3.8) is 0 Å². The van der Waals surface area contributed by atoms with E-state index in [0.29, 0.717) is 49.1 Å². The number of carbonyl (C=O) groups is 2. The third kappa shape index (κ3) is 5.89. The van der Waals surface area contributed by atoms with Crippen molar-refractivity contribution in [2.45, 2.75) is 52.0 Å². The molecular weight excluding hydrogens is 373 g/mol. The molecule has 6 nitrogen and oxygen atoms in total. The summed E-state index contributed by atoms with van der Waals surface area (Å²) < 4.78 is 19.4. The highest BCUT2D eigenvalue weighted by atomic mass is 19.1. The lowest BCUT2D eigenvalue weighted by molar-refractivity contribution is -0.133. The third-order valence-corrected chi connectivity index (χ3v) is 5.05. The van der Waals surface area contributed by atoms with E-state index in [9.17, 15) is 14.0 Å². The van der Waals surface area contributed by atoms with Crippen LogP contribution in [0, 0.1) is 11.7 Å². The zero-order chi connectivity index (χ0) is 20.8. The van der Waals surface area contributed by atoms with E-state index in [1.165, 1.54) is 12.3 Å². The van der Waals surface area contributed by atoms with E-state index in [4.69, 9.17) is 4.42 Å². The topological polar surface area (TPSA) is 75.4 Å². The zero-order valence-corrected chi connectivity index (χ0v) is 17.0. The van der Waals surface area contributed by atoms with E-state index in [-0.39, 0.29) is 30.1 Å². The Balaban J connectivity index is 1.42. The quantitative estimate of drug-likeness (QED) is 0.770. The molecule has 0 aliphatic carbocycles. The largest absolute Gasteiger partial charge is 0.441 e. The molecule has 0 saturated carbocycles. The van der Waals surface area contributed by atoms with Crippen molar-refractivity contribution in [2.24, 2.45) is 5.92 Å². The first kappa shape index (κ1) is 21.0. The summed E-state index contributed by atoms with van der Waals surface area (Å²) in [6, 6.07) is 6.43. The summed E-state index contributed by atoms with van der Waals surface area (Å²) in [7, 11) is 0. The minimum Gasteiger partial charge on any atom is -0.441 e. The molecule has 156 valence electrons. The van der Waals surface area contributed by atoms with E-state index < -0.39 is 0 Å². The molecule has 1 N–H and O–H groups in total. The van der Waals surface area contributed by atoms with Crippen molar-refractivity contribution >= 4 is 11.8 Å². The lowest BCUT2D eigenvalue weighted by Crippen LogP contribution is -2.46. The number of halogens is 1. The maximum Gasteiger partial charge on any atom is 0.222 e. The van der Waals surface area contributed by atoms with E-state index >= 15 is 0 Å². The molecule has 0 spiro atoms. The average Bonchev–Trinajstić information content (AvgIpc) is 3.15. The van der Waals surface area contributed by atoms with E-state index in [1.54, 1.807) is 18.2 Å². The number of aryl methyl sites for hydroxylation is 1. The van der Waals surface area contributed by atoms with Crippen LogP contribution in [-0.2, 0) is 16.0 Å². The van der Waals surface area contributed by atoms with Crippen molar-refractivity contribution < 1.29 is 18.4 Å². The lowest BCUT2D eigenvalue weighted by atomic mass is 10.0. The van der Waals surface area contributed by atoms with E-state index in [0.717, 1.165) is 12.8 Å². The second-order valence-corrected chi connectivity index (χ2v) is 7.92. The number of aromatic nitrogens is 1. The Morgan fingerprint density at radius 2 is 2.00 bits per heavy atom. The Bertz CT molecular complexity index is 841. The number of nitrogens with one attached hydrogen (secondary N) is 1. The maximum absolute atomic E-state index is 13.8. The Kier molecular flexibility index (Phi) is 7.01. The Labute approximate surface area is 170 Å². The summed E-state index contributed by atoms with van der Waals surface area (Å²) in [5.41, 5.74) is 0.356. The smallest absolute Gasteiger partial charge is 0.222 e. The van der Waals surface area contributed by atoms with Gasteiger partial charge < -0.3 is 14.6 Å². The number of carbonyl (C=O) groups excluding carboxylic acids is 2. The van der Waals surface area contributed by atoms with Gasteiger partial charge in [0.25, 0.3) is 0 Å². The van der Waals surface area contributed by atoms with Gasteiger partial charge >= 0.3 is 0 Å². The molecule has 1 aromatic heterocycles. The molecule has 2 aromatic rings. The number of oxazole rings is 1. The second-order valence-electron chi connectivity index (χ2n) is 7.92. The minimum atomic E-state index is -0.369. The standard InChI is InChI=1S/C22H28FN3O3/c1-15(2)13-22(28)26-11-9-16(10-12-26)25-20(27)7-8-21-24-14-19(29-21)17-5-3-4-6-18(17)23/h3-6,14-16H,7-13H2,1-2H3,(H,25,27). The number of likely N-dealkylation sites (tertiary alicyclic amines) is 1. The molecule has 1 saturated heterocycles. The molecule has 7 heteroatoms. The van der Waals surface area contributed by atoms with E-state index in [1.807, 2.05) is 18.7 Å². The van der Waals surface area contributed by atoms with Crippen LogP contribution in [0.1, 0.15) is 45.4 Å². The van der Waals surface area contributed by atoms with Crippen LogP contribution in [-0.4, -0.2) is 40.8 Å². The minimum absolute atomic E-state index is 0.0670. The van der Waals surface area contributed by atoms with Gasteiger partial charge in [0.05, 0.1) is 11.8 Å². The molecule has 0 bridgehead atoms. The van der Waals surface area contributed by atoms with Crippen molar-refractivity contribution in [3.05, 3.63) is 42.2 Å². The zero-order valence-electron chi connectivity index (χ0n) is 17.0. The monoisotopic (exact) mass is 401 g/mol. The van der Waals surface area contributed by atoms with Gasteiger partial charge in [0, 0.05) is 38.4 Å². The molecule has 29 heavy (non-hydrogen) atoms. The van der Waals surface area contributed by atoms with Crippen LogP contribution in [0.2, 0.25) is 0 Å². The van der Waals surface area contributed by atoms with Crippen molar-refractivity contribution in [2.75, 3.05) is 13.1 Å². The lowest BCUT2D eigenvalue weighted by Gasteiger charge is -2.32. The first-order valence-electron chi connectivity index (χ1n) is 10.2. The second kappa shape index (κ2) is 9.67. The fraction of sp³-hybridized carbons (Fsp3) is 0.500. The molecule has 1 fully saturated rings. The van der Waals surface area contributed by atoms with Gasteiger partial charge in [-0.1, -0.05) is 26.0 Å². The van der Waals surface area contributed by atoms with E-state index in [2.05, 4.69) is 10.3 Å². The van der Waals surface area contributed by atoms with Crippen LogP contribution in [0.5, 0.6) is 0 Å². The molecule has 1 aromatic carbocycles. The normalized spacial score (nSPS) is 15.0. The van der Waals surface area contributed by atoms with Gasteiger partial charge in [-0.25, -0.2) is 9.37 Å². The summed E-state index contributed by atoms with van der Waals surface area (Å²) >= 11 is 0. The number of amides is 2. The molecular formula is C22H28FN3O3. The highest BCUT2D eigenvalue weighted by Crippen LogP contribution is 2.23. The molecule has 0 unspecified atom stereocenters. The van der Waals surface area contributed by atoms with Crippen molar-refractivity contribution in [1.82, 2.24) is 15.2 Å². The Morgan fingerprint density at radius 1 is 1.28 bits per heavy atom. The maximum atomic E-state index is 13.8. The van der Waals surface area contributed by atoms with Crippen LogP contribution in [0.4, 0.5) is 4.39 Å². The SMILES string of the molecule is CC(C)CC(=O)N1CCC(NC(=O)CCc2ncc(-c3ccccc3F)o2)CC1. The first-order valence-corrected chi connectivity index (χ1v) is 10.2. The van der Waals surface area contributed by atoms with Crippen LogP contribution < -0.4 is 5.32 Å². The van der Waals surface area contributed by atoms with Gasteiger partial charge in [-0.15, -0.1) is 0 Å². The van der Waals surface area contributed by atoms with Crippen LogP contribution in [0.15, 0.2) is 34.9 Å². The fourth-order valence-corrected chi connectivity index (χ4v) is 3.48. The summed E-state index contributed by atoms with van der Waals surface area (Å²) in [6.07, 6.45) is 4.20. The molecule has 3 rings (SSSR count). The molecule has 0 radical (unpaired) electrons. The van der Waals surface area contributed by atoms with Gasteiger partial charge in [0.15, 0.2) is 11.7 Å². The number of piperidine rings is 1. The molecule has 1 aliphatic rings. The van der Waals surface area contributed by atoms with Crippen LogP contribution in [0.3, 0.4) is 0 Å². The summed E-state index contributed by atoms with van der Waals surface area (Å²) in [5, 5.41) is 3.03. The van der Waals surface area contributed by atoms with Gasteiger partial charge in [0.1, 0.15) is 5.82 Å². The molecule has 0 atom stereocenters. The Morgan fingerprint density at radius 3 is 2.69 bits per heavy atom. The molecule has 2 amide bonds. The highest BCUT2D eigenvalue weighted by Gasteiger charge is 2.24. The number of rotatable bonds is 7. The van der Waals surface area contributed by atoms with Gasteiger partial charge in [-0.2, -0.15) is 0 Å². The number of benzene rings is 1. The summed E-state index contributed by atoms with van der Waals surface area (Å²) in [4.78, 5) is 30.4. The molecule has 1 aliphatic heterocycles. The van der Waals surface area contributed by atoms with Crippen LogP contribution in [0.25, 0.3) is 11.3 Å². The summed E-state index contributed by atoms with van der Waals surface area (Å²) in [5.74, 6) is 0.881. The molecule has 2 heterocycles. The predicted molar refractivity (Wildman–Crippen MR) is 107 cm³/mol. The highest BCUT2D eigenvalue weighted by molar-refractivity contribution is 5.77. The predicted octanol–water partition coefficient (Wildman–Crippen LogP) is 3.57. The number of nitrogens with zero attached hydrogens (tertiary/aromatic N) is 2. The fourth-order valence-electron chi connectivity index (χ4n) is 3.48. The van der Waals surface area contributed by atoms with Crippen molar-refractivity contribution in [1.29, 1.82) is 0 Å². The Hall–Kier alpha value is -2.70. The summed E-state index contributed by atoms with van der Waals surface area (Å²) in [6.45, 7) is 5.45. The van der Waals surface area contributed by atoms with Crippen LogP contribution >= 0.6 is 0 Å². The third-order valence-electron chi connectivity index (χ3n) is 5.05.